The number of ether oxygens (including phenoxy) is 1. The monoisotopic (exact) mass is 284 g/mol. The van der Waals surface area contributed by atoms with Crippen LogP contribution in [0, 0.1) is 16.7 Å². The smallest absolute Gasteiger partial charge is 0.233 e. The SMILES string of the molecule is COC1CC(NC(=O)C2(C(N)=S)CC(C)C2)C1(C)C. The molecule has 0 aliphatic heterocycles. The topological polar surface area (TPSA) is 64.3 Å². The van der Waals surface area contributed by atoms with Crippen molar-refractivity contribution in [1.29, 1.82) is 0 Å². The third-order valence-electron chi connectivity index (χ3n) is 5.07. The Morgan fingerprint density at radius 2 is 2.00 bits per heavy atom. The van der Waals surface area contributed by atoms with Gasteiger partial charge in [-0.1, -0.05) is 33.0 Å². The Labute approximate surface area is 120 Å². The van der Waals surface area contributed by atoms with Crippen LogP contribution in [0.1, 0.15) is 40.0 Å². The summed E-state index contributed by atoms with van der Waals surface area (Å²) in [7, 11) is 1.72. The minimum atomic E-state index is -0.608. The first-order valence-electron chi connectivity index (χ1n) is 6.87. The Kier molecular flexibility index (Phi) is 3.64. The minimum Gasteiger partial charge on any atom is -0.392 e. The van der Waals surface area contributed by atoms with Crippen molar-refractivity contribution < 1.29 is 9.53 Å². The van der Waals surface area contributed by atoms with E-state index in [0.29, 0.717) is 10.9 Å². The van der Waals surface area contributed by atoms with Crippen molar-refractivity contribution >= 4 is 23.1 Å². The molecule has 108 valence electrons. The van der Waals surface area contributed by atoms with E-state index in [4.69, 9.17) is 22.7 Å². The number of amides is 1. The third-order valence-corrected chi connectivity index (χ3v) is 5.46. The Morgan fingerprint density at radius 3 is 2.37 bits per heavy atom. The molecular weight excluding hydrogens is 260 g/mol. The predicted molar refractivity (Wildman–Crippen MR) is 78.7 cm³/mol. The van der Waals surface area contributed by atoms with Gasteiger partial charge in [0.1, 0.15) is 0 Å². The highest BCUT2D eigenvalue weighted by Gasteiger charge is 2.55. The van der Waals surface area contributed by atoms with E-state index in [1.165, 1.54) is 0 Å². The highest BCUT2D eigenvalue weighted by atomic mass is 32.1. The average molecular weight is 284 g/mol. The molecule has 0 saturated heterocycles. The second-order valence-corrected chi connectivity index (χ2v) is 7.21. The van der Waals surface area contributed by atoms with E-state index in [1.807, 2.05) is 0 Å². The molecule has 0 aromatic carbocycles. The molecule has 2 unspecified atom stereocenters. The Balaban J connectivity index is 2.01. The summed E-state index contributed by atoms with van der Waals surface area (Å²) in [5.41, 5.74) is 5.16. The van der Waals surface area contributed by atoms with Crippen molar-refractivity contribution in [2.24, 2.45) is 22.5 Å². The van der Waals surface area contributed by atoms with Crippen LogP contribution < -0.4 is 11.1 Å². The zero-order valence-corrected chi connectivity index (χ0v) is 13.0. The number of nitrogens with one attached hydrogen (secondary N) is 1. The summed E-state index contributed by atoms with van der Waals surface area (Å²) < 4.78 is 5.40. The van der Waals surface area contributed by atoms with Crippen LogP contribution in [-0.4, -0.2) is 30.2 Å². The van der Waals surface area contributed by atoms with Crippen molar-refractivity contribution in [1.82, 2.24) is 5.32 Å². The number of methoxy groups -OCH3 is 1. The Morgan fingerprint density at radius 1 is 1.42 bits per heavy atom. The molecule has 0 aromatic heterocycles. The number of carbonyl (C=O) groups excluding carboxylic acids is 1. The summed E-state index contributed by atoms with van der Waals surface area (Å²) in [5, 5.41) is 3.13. The molecule has 2 atom stereocenters. The van der Waals surface area contributed by atoms with Crippen LogP contribution in [0.3, 0.4) is 0 Å². The largest absolute Gasteiger partial charge is 0.392 e. The van der Waals surface area contributed by atoms with E-state index in [-0.39, 0.29) is 23.5 Å². The lowest BCUT2D eigenvalue weighted by Crippen LogP contribution is -2.66. The molecule has 4 nitrogen and oxygen atoms in total. The first-order valence-corrected chi connectivity index (χ1v) is 7.28. The van der Waals surface area contributed by atoms with Gasteiger partial charge >= 0.3 is 0 Å². The maximum Gasteiger partial charge on any atom is 0.233 e. The molecule has 5 heteroatoms. The number of nitrogens with two attached hydrogens (primary N) is 1. The summed E-state index contributed by atoms with van der Waals surface area (Å²) in [5.74, 6) is 0.527. The number of thiocarbonyl (C=S) groups is 1. The van der Waals surface area contributed by atoms with Gasteiger partial charge in [-0.25, -0.2) is 0 Å². The molecule has 0 bridgehead atoms. The second kappa shape index (κ2) is 4.70. The lowest BCUT2D eigenvalue weighted by molar-refractivity contribution is -0.143. The molecule has 2 aliphatic rings. The van der Waals surface area contributed by atoms with Crippen LogP contribution in [0.25, 0.3) is 0 Å². The van der Waals surface area contributed by atoms with Gasteiger partial charge in [-0.05, 0) is 25.2 Å². The molecule has 0 aromatic rings. The zero-order chi connectivity index (χ0) is 14.4. The standard InChI is InChI=1S/C14H24N2O2S/c1-8-6-14(7-8,11(15)19)12(17)16-9-5-10(18-4)13(9,2)3/h8-10H,5-7H2,1-4H3,(H2,15,19)(H,16,17). The third kappa shape index (κ3) is 2.17. The highest BCUT2D eigenvalue weighted by Crippen LogP contribution is 2.48. The van der Waals surface area contributed by atoms with Gasteiger partial charge in [-0.3, -0.25) is 4.79 Å². The molecule has 3 N–H and O–H groups in total. The lowest BCUT2D eigenvalue weighted by Gasteiger charge is -2.53. The molecule has 0 radical (unpaired) electrons. The number of carbonyl (C=O) groups is 1. The fraction of sp³-hybridized carbons (Fsp3) is 0.857. The van der Waals surface area contributed by atoms with Gasteiger partial charge in [0.25, 0.3) is 0 Å². The van der Waals surface area contributed by atoms with E-state index in [1.54, 1.807) is 7.11 Å². The summed E-state index contributed by atoms with van der Waals surface area (Å²) in [6.07, 6.45) is 2.61. The minimum absolute atomic E-state index is 0.00530. The quantitative estimate of drug-likeness (QED) is 0.770. The fourth-order valence-corrected chi connectivity index (χ4v) is 3.71. The van der Waals surface area contributed by atoms with Crippen LogP contribution >= 0.6 is 12.2 Å². The maximum atomic E-state index is 12.5. The van der Waals surface area contributed by atoms with Gasteiger partial charge < -0.3 is 15.8 Å². The number of rotatable bonds is 4. The normalized spacial score (nSPS) is 39.9. The summed E-state index contributed by atoms with van der Waals surface area (Å²) in [4.78, 5) is 12.8. The van der Waals surface area contributed by atoms with Crippen LogP contribution in [-0.2, 0) is 9.53 Å². The van der Waals surface area contributed by atoms with Crippen molar-refractivity contribution in [3.8, 4) is 0 Å². The first-order chi connectivity index (χ1) is 8.74. The number of hydrogen-bond acceptors (Lipinski definition) is 3. The summed E-state index contributed by atoms with van der Waals surface area (Å²) in [6, 6.07) is 0.145. The zero-order valence-electron chi connectivity index (χ0n) is 12.2. The van der Waals surface area contributed by atoms with Gasteiger partial charge in [0, 0.05) is 18.6 Å². The highest BCUT2D eigenvalue weighted by molar-refractivity contribution is 7.80. The fourth-order valence-electron chi connectivity index (χ4n) is 3.46. The van der Waals surface area contributed by atoms with Crippen molar-refractivity contribution in [2.45, 2.75) is 52.2 Å². The Bertz CT molecular complexity index is 402. The van der Waals surface area contributed by atoms with Gasteiger partial charge in [-0.15, -0.1) is 0 Å². The molecule has 2 aliphatic carbocycles. The predicted octanol–water partition coefficient (Wildman–Crippen LogP) is 1.62. The van der Waals surface area contributed by atoms with Crippen LogP contribution in [0.4, 0.5) is 0 Å². The molecule has 2 fully saturated rings. The second-order valence-electron chi connectivity index (χ2n) is 6.77. The van der Waals surface area contributed by atoms with Crippen molar-refractivity contribution in [3.05, 3.63) is 0 Å². The van der Waals surface area contributed by atoms with Crippen molar-refractivity contribution in [3.63, 3.8) is 0 Å². The van der Waals surface area contributed by atoms with Crippen LogP contribution in [0.5, 0.6) is 0 Å². The molecule has 1 amide bonds. The molecular formula is C14H24N2O2S. The van der Waals surface area contributed by atoms with Crippen LogP contribution in [0.15, 0.2) is 0 Å². The van der Waals surface area contributed by atoms with Gasteiger partial charge in [0.05, 0.1) is 16.5 Å². The van der Waals surface area contributed by atoms with E-state index in [2.05, 4.69) is 26.1 Å². The molecule has 2 rings (SSSR count). The van der Waals surface area contributed by atoms with E-state index in [0.717, 1.165) is 19.3 Å². The molecule has 2 saturated carbocycles. The Hall–Kier alpha value is -0.680. The molecule has 0 heterocycles. The first kappa shape index (κ1) is 14.7. The molecule has 0 spiro atoms. The van der Waals surface area contributed by atoms with Crippen LogP contribution in [0.2, 0.25) is 0 Å². The number of hydrogen-bond donors (Lipinski definition) is 2. The van der Waals surface area contributed by atoms with Gasteiger partial charge in [0.2, 0.25) is 5.91 Å². The van der Waals surface area contributed by atoms with E-state index in [9.17, 15) is 4.79 Å². The maximum absolute atomic E-state index is 12.5. The van der Waals surface area contributed by atoms with Crippen molar-refractivity contribution in [2.75, 3.05) is 7.11 Å². The summed E-state index contributed by atoms with van der Waals surface area (Å²) in [6.45, 7) is 6.36. The summed E-state index contributed by atoms with van der Waals surface area (Å²) >= 11 is 5.11. The average Bonchev–Trinajstić information content (AvgIpc) is 2.28. The lowest BCUT2D eigenvalue weighted by atomic mass is 9.60. The van der Waals surface area contributed by atoms with Gasteiger partial charge in [0.15, 0.2) is 0 Å². The van der Waals surface area contributed by atoms with E-state index >= 15 is 0 Å². The van der Waals surface area contributed by atoms with E-state index < -0.39 is 5.41 Å². The van der Waals surface area contributed by atoms with Gasteiger partial charge in [-0.2, -0.15) is 0 Å². The molecule has 19 heavy (non-hydrogen) atoms.